The van der Waals surface area contributed by atoms with Gasteiger partial charge >= 0.3 is 0 Å². The number of hydrogen-bond acceptors (Lipinski definition) is 4. The van der Waals surface area contributed by atoms with Crippen molar-refractivity contribution in [2.24, 2.45) is 0 Å². The molecule has 0 unspecified atom stereocenters. The van der Waals surface area contributed by atoms with E-state index in [1.165, 1.54) is 21.1 Å². The quantitative estimate of drug-likeness (QED) is 0.582. The topological polar surface area (TPSA) is 47.6 Å². The molecule has 0 fully saturated rings. The molecule has 4 nitrogen and oxygen atoms in total. The molecule has 0 saturated heterocycles. The van der Waals surface area contributed by atoms with Gasteiger partial charge in [0.1, 0.15) is 5.78 Å². The number of Topliss-reactive ketones (excluding diaryl/α,β-unsaturated/α-hetero) is 1. The molecule has 4 heteroatoms. The van der Waals surface area contributed by atoms with Crippen LogP contribution in [0.25, 0.3) is 0 Å². The minimum atomic E-state index is -0.953. The average Bonchev–Trinajstić information content (AvgIpc) is 2.00. The Labute approximate surface area is 66.9 Å². The molecule has 0 rings (SSSR count). The van der Waals surface area contributed by atoms with Crippen molar-refractivity contribution in [2.75, 3.05) is 21.3 Å². The molecular weight excluding hydrogens is 146 g/mol. The van der Waals surface area contributed by atoms with E-state index in [1.54, 1.807) is 7.05 Å². The van der Waals surface area contributed by atoms with Crippen LogP contribution in [0.3, 0.4) is 0 Å². The van der Waals surface area contributed by atoms with Crippen molar-refractivity contribution in [3.63, 3.8) is 0 Å². The second kappa shape index (κ2) is 4.43. The lowest BCUT2D eigenvalue weighted by molar-refractivity contribution is -0.225. The first-order valence-corrected chi connectivity index (χ1v) is 3.39. The number of rotatable bonds is 5. The summed E-state index contributed by atoms with van der Waals surface area (Å²) in [7, 11) is 4.65. The first kappa shape index (κ1) is 10.6. The highest BCUT2D eigenvalue weighted by atomic mass is 16.7. The van der Waals surface area contributed by atoms with Crippen LogP contribution >= 0.6 is 0 Å². The van der Waals surface area contributed by atoms with Crippen LogP contribution in [0.2, 0.25) is 0 Å². The molecule has 0 aliphatic carbocycles. The van der Waals surface area contributed by atoms with Crippen LogP contribution in [-0.4, -0.2) is 33.0 Å². The van der Waals surface area contributed by atoms with Gasteiger partial charge in [-0.05, 0) is 14.0 Å². The Morgan fingerprint density at radius 2 is 1.91 bits per heavy atom. The summed E-state index contributed by atoms with van der Waals surface area (Å²) in [6, 6.07) is 0. The van der Waals surface area contributed by atoms with Crippen molar-refractivity contribution in [3.8, 4) is 0 Å². The van der Waals surface area contributed by atoms with E-state index in [0.717, 1.165) is 0 Å². The maximum Gasteiger partial charge on any atom is 0.233 e. The Bertz CT molecular complexity index is 123. The van der Waals surface area contributed by atoms with Gasteiger partial charge in [0.05, 0.1) is 6.42 Å². The Kier molecular flexibility index (Phi) is 4.25. The number of carbonyl (C=O) groups excluding carboxylic acids is 1. The maximum absolute atomic E-state index is 10.7. The first-order chi connectivity index (χ1) is 5.10. The molecule has 0 aliphatic rings. The molecule has 66 valence electrons. The summed E-state index contributed by atoms with van der Waals surface area (Å²) in [4.78, 5) is 10.7. The second-order valence-electron chi connectivity index (χ2n) is 2.29. The van der Waals surface area contributed by atoms with Gasteiger partial charge in [0.2, 0.25) is 5.91 Å². The van der Waals surface area contributed by atoms with Crippen molar-refractivity contribution in [1.82, 2.24) is 5.32 Å². The third kappa shape index (κ3) is 2.96. The summed E-state index contributed by atoms with van der Waals surface area (Å²) in [5.41, 5.74) is 0. The van der Waals surface area contributed by atoms with E-state index in [-0.39, 0.29) is 12.2 Å². The second-order valence-corrected chi connectivity index (χ2v) is 2.29. The maximum atomic E-state index is 10.7. The zero-order valence-corrected chi connectivity index (χ0v) is 7.43. The summed E-state index contributed by atoms with van der Waals surface area (Å²) in [5.74, 6) is -0.936. The van der Waals surface area contributed by atoms with Gasteiger partial charge in [-0.3, -0.25) is 10.1 Å². The number of ether oxygens (including phenoxy) is 2. The highest BCUT2D eigenvalue weighted by Crippen LogP contribution is 2.11. The summed E-state index contributed by atoms with van der Waals surface area (Å²) in [5, 5.41) is 2.78. The van der Waals surface area contributed by atoms with E-state index in [2.05, 4.69) is 5.32 Å². The zero-order valence-electron chi connectivity index (χ0n) is 7.43. The first-order valence-electron chi connectivity index (χ1n) is 3.39. The monoisotopic (exact) mass is 161 g/mol. The minimum Gasteiger partial charge on any atom is -0.340 e. The van der Waals surface area contributed by atoms with Crippen molar-refractivity contribution < 1.29 is 14.3 Å². The molecule has 0 radical (unpaired) electrons. The van der Waals surface area contributed by atoms with E-state index in [9.17, 15) is 4.79 Å². The molecule has 0 amide bonds. The molecule has 1 N–H and O–H groups in total. The van der Waals surface area contributed by atoms with Crippen LogP contribution in [0.4, 0.5) is 0 Å². The predicted octanol–water partition coefficient (Wildman–Crippen LogP) is 0.131. The number of hydrogen-bond donors (Lipinski definition) is 1. The van der Waals surface area contributed by atoms with Gasteiger partial charge in [0.25, 0.3) is 0 Å². The van der Waals surface area contributed by atoms with Crippen LogP contribution in [0.15, 0.2) is 0 Å². The number of carbonyl (C=O) groups is 1. The molecule has 0 spiro atoms. The number of methoxy groups -OCH3 is 2. The van der Waals surface area contributed by atoms with Gasteiger partial charge in [-0.25, -0.2) is 0 Å². The third-order valence-electron chi connectivity index (χ3n) is 1.52. The number of ketones is 1. The van der Waals surface area contributed by atoms with Crippen LogP contribution in [0.1, 0.15) is 13.3 Å². The van der Waals surface area contributed by atoms with E-state index in [0.29, 0.717) is 0 Å². The molecule has 0 saturated carbocycles. The Morgan fingerprint density at radius 1 is 1.45 bits per heavy atom. The molecule has 0 heterocycles. The fourth-order valence-corrected chi connectivity index (χ4v) is 0.848. The predicted molar refractivity (Wildman–Crippen MR) is 41.1 cm³/mol. The van der Waals surface area contributed by atoms with Crippen LogP contribution in [-0.2, 0) is 14.3 Å². The third-order valence-corrected chi connectivity index (χ3v) is 1.52. The zero-order chi connectivity index (χ0) is 8.91. The lowest BCUT2D eigenvalue weighted by Crippen LogP contribution is -2.47. The van der Waals surface area contributed by atoms with Crippen molar-refractivity contribution in [1.29, 1.82) is 0 Å². The molecule has 0 aromatic rings. The summed E-state index contributed by atoms with van der Waals surface area (Å²) >= 11 is 0. The van der Waals surface area contributed by atoms with Crippen LogP contribution in [0.5, 0.6) is 0 Å². The fourth-order valence-electron chi connectivity index (χ4n) is 0.848. The van der Waals surface area contributed by atoms with E-state index < -0.39 is 5.91 Å². The summed E-state index contributed by atoms with van der Waals surface area (Å²) < 4.78 is 9.99. The highest BCUT2D eigenvalue weighted by molar-refractivity contribution is 5.76. The molecular formula is C7H15NO3. The average molecular weight is 161 g/mol. The van der Waals surface area contributed by atoms with Crippen LogP contribution < -0.4 is 5.32 Å². The summed E-state index contributed by atoms with van der Waals surface area (Å²) in [6.07, 6.45) is 0.205. The van der Waals surface area contributed by atoms with Gasteiger partial charge in [0, 0.05) is 14.2 Å². The van der Waals surface area contributed by atoms with E-state index in [1.807, 2.05) is 0 Å². The van der Waals surface area contributed by atoms with Crippen molar-refractivity contribution in [2.45, 2.75) is 19.3 Å². The SMILES string of the molecule is CNC(CC(C)=O)(OC)OC. The number of nitrogens with one attached hydrogen (secondary N) is 1. The Hall–Kier alpha value is -0.450. The van der Waals surface area contributed by atoms with Gasteiger partial charge < -0.3 is 9.47 Å². The Morgan fingerprint density at radius 3 is 2.00 bits per heavy atom. The normalized spacial score (nSPS) is 11.6. The molecule has 0 atom stereocenters. The molecule has 0 aliphatic heterocycles. The minimum absolute atomic E-state index is 0.0167. The van der Waals surface area contributed by atoms with E-state index >= 15 is 0 Å². The smallest absolute Gasteiger partial charge is 0.233 e. The standard InChI is InChI=1S/C7H15NO3/c1-6(9)5-7(8-2,10-3)11-4/h8H,5H2,1-4H3. The van der Waals surface area contributed by atoms with Crippen molar-refractivity contribution >= 4 is 5.78 Å². The van der Waals surface area contributed by atoms with Crippen molar-refractivity contribution in [3.05, 3.63) is 0 Å². The van der Waals surface area contributed by atoms with E-state index in [4.69, 9.17) is 9.47 Å². The van der Waals surface area contributed by atoms with Crippen LogP contribution in [0, 0.1) is 0 Å². The summed E-state index contributed by atoms with van der Waals surface area (Å²) in [6.45, 7) is 1.49. The fraction of sp³-hybridized carbons (Fsp3) is 0.857. The van der Waals surface area contributed by atoms with Gasteiger partial charge in [-0.1, -0.05) is 0 Å². The van der Waals surface area contributed by atoms with Gasteiger partial charge in [-0.15, -0.1) is 0 Å². The van der Waals surface area contributed by atoms with Gasteiger partial charge in [0.15, 0.2) is 0 Å². The highest BCUT2D eigenvalue weighted by Gasteiger charge is 2.28. The largest absolute Gasteiger partial charge is 0.340 e. The molecule has 0 bridgehead atoms. The lowest BCUT2D eigenvalue weighted by Gasteiger charge is -2.28. The van der Waals surface area contributed by atoms with Gasteiger partial charge in [-0.2, -0.15) is 0 Å². The molecule has 11 heavy (non-hydrogen) atoms. The lowest BCUT2D eigenvalue weighted by atomic mass is 10.2. The Balaban J connectivity index is 4.16. The molecule has 0 aromatic heterocycles. The molecule has 0 aromatic carbocycles.